The predicted octanol–water partition coefficient (Wildman–Crippen LogP) is 5.19. The fourth-order valence-electron chi connectivity index (χ4n) is 2.64. The van der Waals surface area contributed by atoms with Crippen LogP contribution in [0, 0.1) is 12.7 Å². The molecule has 0 bridgehead atoms. The highest BCUT2D eigenvalue weighted by molar-refractivity contribution is 7.14. The van der Waals surface area contributed by atoms with Crippen molar-refractivity contribution >= 4 is 22.2 Å². The van der Waals surface area contributed by atoms with E-state index in [1.807, 2.05) is 59.6 Å². The number of hydrogen-bond acceptors (Lipinski definition) is 4. The van der Waals surface area contributed by atoms with Gasteiger partial charge in [0.2, 0.25) is 0 Å². The number of hydrogen-bond donors (Lipinski definition) is 1. The quantitative estimate of drug-likeness (QED) is 0.551. The number of nitrogens with one attached hydrogen (secondary N) is 1. The summed E-state index contributed by atoms with van der Waals surface area (Å²) in [5, 5.41) is 10.3. The van der Waals surface area contributed by atoms with Crippen molar-refractivity contribution in [2.45, 2.75) is 6.92 Å². The maximum absolute atomic E-state index is 13.3. The molecule has 4 aromatic rings. The van der Waals surface area contributed by atoms with Crippen LogP contribution in [-0.2, 0) is 0 Å². The number of thiazole rings is 1. The smallest absolute Gasteiger partial charge is 0.187 e. The van der Waals surface area contributed by atoms with Gasteiger partial charge in [-0.2, -0.15) is 5.10 Å². The van der Waals surface area contributed by atoms with Crippen LogP contribution in [0.5, 0.6) is 0 Å². The molecule has 2 aromatic carbocycles. The van der Waals surface area contributed by atoms with Crippen LogP contribution >= 0.6 is 11.3 Å². The van der Waals surface area contributed by atoms with E-state index in [1.54, 1.807) is 6.07 Å². The van der Waals surface area contributed by atoms with E-state index in [9.17, 15) is 4.39 Å². The highest BCUT2D eigenvalue weighted by Crippen LogP contribution is 2.30. The van der Waals surface area contributed by atoms with Gasteiger partial charge in [0.05, 0.1) is 23.3 Å². The van der Waals surface area contributed by atoms with Crippen LogP contribution in [0.4, 0.5) is 15.2 Å². The Bertz CT molecular complexity index is 1010. The van der Waals surface area contributed by atoms with Crippen molar-refractivity contribution < 1.29 is 4.39 Å². The normalized spacial score (nSPS) is 10.8. The zero-order chi connectivity index (χ0) is 17.2. The lowest BCUT2D eigenvalue weighted by molar-refractivity contribution is 0.628. The van der Waals surface area contributed by atoms with Gasteiger partial charge in [-0.25, -0.2) is 14.1 Å². The second-order valence-electron chi connectivity index (χ2n) is 5.56. The van der Waals surface area contributed by atoms with Crippen LogP contribution in [0.1, 0.15) is 5.69 Å². The summed E-state index contributed by atoms with van der Waals surface area (Å²) in [7, 11) is 0. The number of nitrogens with zero attached hydrogens (tertiary/aromatic N) is 3. The minimum atomic E-state index is -0.276. The van der Waals surface area contributed by atoms with E-state index in [2.05, 4.69) is 15.4 Å². The standard InChI is InChI=1S/C19H15FN4S/c1-13-17(11-21-24(13)16-8-3-2-4-9-16)18-12-25-19(23-18)22-15-7-5-6-14(20)10-15/h2-12H,1H3,(H,22,23). The maximum atomic E-state index is 13.3. The molecule has 0 saturated heterocycles. The molecule has 4 rings (SSSR count). The average molecular weight is 350 g/mol. The van der Waals surface area contributed by atoms with Gasteiger partial charge < -0.3 is 5.32 Å². The van der Waals surface area contributed by atoms with Gasteiger partial charge in [0, 0.05) is 16.6 Å². The fraction of sp³-hybridized carbons (Fsp3) is 0.0526. The minimum absolute atomic E-state index is 0.276. The number of halogens is 1. The lowest BCUT2D eigenvalue weighted by Crippen LogP contribution is -1.98. The molecule has 2 heterocycles. The minimum Gasteiger partial charge on any atom is -0.331 e. The van der Waals surface area contributed by atoms with E-state index >= 15 is 0 Å². The summed E-state index contributed by atoms with van der Waals surface area (Å²) in [5.41, 5.74) is 4.54. The Morgan fingerprint density at radius 2 is 1.92 bits per heavy atom. The summed E-state index contributed by atoms with van der Waals surface area (Å²) in [6.45, 7) is 2.02. The van der Waals surface area contributed by atoms with Crippen molar-refractivity contribution in [3.8, 4) is 16.9 Å². The lowest BCUT2D eigenvalue weighted by Gasteiger charge is -2.04. The van der Waals surface area contributed by atoms with E-state index in [-0.39, 0.29) is 5.82 Å². The molecule has 1 N–H and O–H groups in total. The van der Waals surface area contributed by atoms with Gasteiger partial charge in [-0.15, -0.1) is 11.3 Å². The van der Waals surface area contributed by atoms with Gasteiger partial charge in [-0.1, -0.05) is 24.3 Å². The van der Waals surface area contributed by atoms with Crippen LogP contribution in [0.2, 0.25) is 0 Å². The first-order chi connectivity index (χ1) is 12.2. The molecule has 0 spiro atoms. The average Bonchev–Trinajstić information content (AvgIpc) is 3.22. The van der Waals surface area contributed by atoms with Gasteiger partial charge in [0.25, 0.3) is 0 Å². The largest absolute Gasteiger partial charge is 0.331 e. The Hall–Kier alpha value is -2.99. The predicted molar refractivity (Wildman–Crippen MR) is 99.1 cm³/mol. The summed E-state index contributed by atoms with van der Waals surface area (Å²) < 4.78 is 15.2. The third kappa shape index (κ3) is 3.16. The Balaban J connectivity index is 1.61. The molecule has 0 saturated carbocycles. The van der Waals surface area contributed by atoms with Crippen LogP contribution in [-0.4, -0.2) is 14.8 Å². The first-order valence-corrected chi connectivity index (χ1v) is 8.67. The molecular formula is C19H15FN4S. The Morgan fingerprint density at radius 3 is 2.72 bits per heavy atom. The second-order valence-corrected chi connectivity index (χ2v) is 6.42. The number of anilines is 2. The van der Waals surface area contributed by atoms with Crippen molar-refractivity contribution in [2.24, 2.45) is 0 Å². The van der Waals surface area contributed by atoms with Crippen LogP contribution < -0.4 is 5.32 Å². The second kappa shape index (κ2) is 6.49. The molecular weight excluding hydrogens is 335 g/mol. The van der Waals surface area contributed by atoms with Crippen LogP contribution in [0.3, 0.4) is 0 Å². The SMILES string of the molecule is Cc1c(-c2csc(Nc3cccc(F)c3)n2)cnn1-c1ccccc1. The molecule has 0 radical (unpaired) electrons. The summed E-state index contributed by atoms with van der Waals surface area (Å²) in [6.07, 6.45) is 1.82. The number of aromatic nitrogens is 3. The maximum Gasteiger partial charge on any atom is 0.187 e. The molecule has 0 amide bonds. The number of para-hydroxylation sites is 1. The topological polar surface area (TPSA) is 42.7 Å². The van der Waals surface area contributed by atoms with Crippen molar-refractivity contribution in [3.63, 3.8) is 0 Å². The fourth-order valence-corrected chi connectivity index (χ4v) is 3.37. The Kier molecular flexibility index (Phi) is 4.03. The van der Waals surface area contributed by atoms with Crippen molar-refractivity contribution in [2.75, 3.05) is 5.32 Å². The number of benzene rings is 2. The van der Waals surface area contributed by atoms with E-state index in [1.165, 1.54) is 23.5 Å². The van der Waals surface area contributed by atoms with Crippen molar-refractivity contribution in [3.05, 3.63) is 77.7 Å². The summed E-state index contributed by atoms with van der Waals surface area (Å²) in [5.74, 6) is -0.276. The summed E-state index contributed by atoms with van der Waals surface area (Å²) in [6, 6.07) is 16.3. The van der Waals surface area contributed by atoms with Crippen molar-refractivity contribution in [1.82, 2.24) is 14.8 Å². The molecule has 4 nitrogen and oxygen atoms in total. The molecule has 2 aromatic heterocycles. The molecule has 0 unspecified atom stereocenters. The summed E-state index contributed by atoms with van der Waals surface area (Å²) >= 11 is 1.48. The molecule has 0 atom stereocenters. The lowest BCUT2D eigenvalue weighted by atomic mass is 10.2. The molecule has 0 aliphatic rings. The van der Waals surface area contributed by atoms with E-state index in [0.717, 1.165) is 22.6 Å². The third-order valence-corrected chi connectivity index (χ3v) is 4.62. The van der Waals surface area contributed by atoms with Crippen molar-refractivity contribution in [1.29, 1.82) is 0 Å². The first-order valence-electron chi connectivity index (χ1n) is 7.79. The van der Waals surface area contributed by atoms with E-state index < -0.39 is 0 Å². The zero-order valence-corrected chi connectivity index (χ0v) is 14.3. The molecule has 0 aliphatic carbocycles. The van der Waals surface area contributed by atoms with Gasteiger partial charge >= 0.3 is 0 Å². The van der Waals surface area contributed by atoms with Gasteiger partial charge in [0.15, 0.2) is 5.13 Å². The van der Waals surface area contributed by atoms with Gasteiger partial charge in [-0.3, -0.25) is 0 Å². The van der Waals surface area contributed by atoms with E-state index in [0.29, 0.717) is 10.8 Å². The Morgan fingerprint density at radius 1 is 1.08 bits per heavy atom. The summed E-state index contributed by atoms with van der Waals surface area (Å²) in [4.78, 5) is 4.60. The van der Waals surface area contributed by atoms with Gasteiger partial charge in [-0.05, 0) is 37.3 Å². The van der Waals surface area contributed by atoms with Crippen LogP contribution in [0.15, 0.2) is 66.2 Å². The molecule has 0 aliphatic heterocycles. The number of rotatable bonds is 4. The highest BCUT2D eigenvalue weighted by Gasteiger charge is 2.13. The van der Waals surface area contributed by atoms with Crippen LogP contribution in [0.25, 0.3) is 16.9 Å². The highest BCUT2D eigenvalue weighted by atomic mass is 32.1. The van der Waals surface area contributed by atoms with Gasteiger partial charge in [0.1, 0.15) is 5.82 Å². The molecule has 0 fully saturated rings. The monoisotopic (exact) mass is 350 g/mol. The van der Waals surface area contributed by atoms with E-state index in [4.69, 9.17) is 0 Å². The zero-order valence-electron chi connectivity index (χ0n) is 13.5. The Labute approximate surface area is 148 Å². The molecule has 25 heavy (non-hydrogen) atoms. The molecule has 6 heteroatoms. The first kappa shape index (κ1) is 15.5. The third-order valence-electron chi connectivity index (χ3n) is 3.87. The molecule has 124 valence electrons.